The van der Waals surface area contributed by atoms with Gasteiger partial charge in [0.2, 0.25) is 0 Å². The Morgan fingerprint density at radius 1 is 1.11 bits per heavy atom. The lowest BCUT2D eigenvalue weighted by molar-refractivity contribution is 0.452. The minimum absolute atomic E-state index is 0.130. The van der Waals surface area contributed by atoms with Crippen LogP contribution in [0.4, 0.5) is 0 Å². The molecule has 2 aromatic rings. The Bertz CT molecular complexity index is 508. The van der Waals surface area contributed by atoms with E-state index in [1.54, 1.807) is 6.07 Å². The molecule has 2 heteroatoms. The van der Waals surface area contributed by atoms with Crippen molar-refractivity contribution in [2.75, 3.05) is 0 Å². The number of aryl methyl sites for hydroxylation is 1. The summed E-state index contributed by atoms with van der Waals surface area (Å²) in [5, 5.41) is 13.3. The molecule has 0 aromatic heterocycles. The lowest BCUT2D eigenvalue weighted by Gasteiger charge is -2.16. The molecule has 0 aliphatic carbocycles. The maximum Gasteiger partial charge on any atom is 0.120 e. The van der Waals surface area contributed by atoms with E-state index in [4.69, 9.17) is 0 Å². The van der Waals surface area contributed by atoms with E-state index in [1.165, 1.54) is 5.56 Å². The van der Waals surface area contributed by atoms with Gasteiger partial charge in [-0.05, 0) is 25.5 Å². The van der Waals surface area contributed by atoms with Gasteiger partial charge in [0.1, 0.15) is 5.75 Å². The van der Waals surface area contributed by atoms with E-state index in [-0.39, 0.29) is 6.04 Å². The summed E-state index contributed by atoms with van der Waals surface area (Å²) in [7, 11) is 0. The van der Waals surface area contributed by atoms with Crippen LogP contribution in [0.5, 0.6) is 5.75 Å². The van der Waals surface area contributed by atoms with Gasteiger partial charge in [0.05, 0.1) is 0 Å². The topological polar surface area (TPSA) is 32.3 Å². The number of benzene rings is 2. The molecule has 0 saturated carbocycles. The number of hydrogen-bond donors (Lipinski definition) is 2. The highest BCUT2D eigenvalue weighted by atomic mass is 16.3. The molecule has 1 unspecified atom stereocenters. The van der Waals surface area contributed by atoms with Gasteiger partial charge in [-0.3, -0.25) is 0 Å². The molecule has 18 heavy (non-hydrogen) atoms. The third kappa shape index (κ3) is 3.11. The monoisotopic (exact) mass is 241 g/mol. The molecule has 2 N–H and O–H groups in total. The average Bonchev–Trinajstić information content (AvgIpc) is 2.40. The van der Waals surface area contributed by atoms with Crippen LogP contribution in [-0.4, -0.2) is 5.11 Å². The molecule has 0 fully saturated rings. The van der Waals surface area contributed by atoms with E-state index < -0.39 is 0 Å². The van der Waals surface area contributed by atoms with Gasteiger partial charge in [-0.2, -0.15) is 0 Å². The number of aromatic hydroxyl groups is 1. The van der Waals surface area contributed by atoms with E-state index in [1.807, 2.05) is 37.3 Å². The first-order valence-electron chi connectivity index (χ1n) is 6.23. The highest BCUT2D eigenvalue weighted by molar-refractivity contribution is 5.37. The normalized spacial score (nSPS) is 12.3. The van der Waals surface area contributed by atoms with E-state index >= 15 is 0 Å². The Labute approximate surface area is 108 Å². The van der Waals surface area contributed by atoms with Crippen molar-refractivity contribution < 1.29 is 5.11 Å². The molecule has 0 heterocycles. The van der Waals surface area contributed by atoms with Gasteiger partial charge >= 0.3 is 0 Å². The van der Waals surface area contributed by atoms with Gasteiger partial charge in [-0.25, -0.2) is 0 Å². The third-order valence-electron chi connectivity index (χ3n) is 3.10. The fourth-order valence-electron chi connectivity index (χ4n) is 2.00. The third-order valence-corrected chi connectivity index (χ3v) is 3.10. The van der Waals surface area contributed by atoms with Crippen LogP contribution in [-0.2, 0) is 6.54 Å². The van der Waals surface area contributed by atoms with E-state index in [2.05, 4.69) is 24.4 Å². The van der Waals surface area contributed by atoms with Crippen molar-refractivity contribution in [3.8, 4) is 5.75 Å². The van der Waals surface area contributed by atoms with Gasteiger partial charge in [-0.1, -0.05) is 48.0 Å². The van der Waals surface area contributed by atoms with E-state index in [0.717, 1.165) is 17.7 Å². The molecule has 0 bridgehead atoms. The molecule has 1 atom stereocenters. The maximum atomic E-state index is 9.86. The molecule has 2 rings (SSSR count). The Balaban J connectivity index is 2.03. The molecule has 2 aromatic carbocycles. The SMILES string of the molecule is Cc1ccc(O)c(C(C)NCc2ccccc2)c1. The summed E-state index contributed by atoms with van der Waals surface area (Å²) >= 11 is 0. The zero-order chi connectivity index (χ0) is 13.0. The first kappa shape index (κ1) is 12.7. The van der Waals surface area contributed by atoms with E-state index in [0.29, 0.717) is 5.75 Å². The van der Waals surface area contributed by atoms with Crippen molar-refractivity contribution in [1.29, 1.82) is 0 Å². The number of nitrogens with one attached hydrogen (secondary N) is 1. The second-order valence-corrected chi connectivity index (χ2v) is 4.65. The Morgan fingerprint density at radius 3 is 2.56 bits per heavy atom. The largest absolute Gasteiger partial charge is 0.508 e. The average molecular weight is 241 g/mol. The zero-order valence-corrected chi connectivity index (χ0v) is 10.9. The van der Waals surface area contributed by atoms with Gasteiger partial charge in [0.15, 0.2) is 0 Å². The van der Waals surface area contributed by atoms with Gasteiger partial charge < -0.3 is 10.4 Å². The summed E-state index contributed by atoms with van der Waals surface area (Å²) in [5.41, 5.74) is 3.36. The number of hydrogen-bond acceptors (Lipinski definition) is 2. The summed E-state index contributed by atoms with van der Waals surface area (Å²) in [6.45, 7) is 4.90. The highest BCUT2D eigenvalue weighted by Crippen LogP contribution is 2.25. The molecule has 0 radical (unpaired) electrons. The summed E-state index contributed by atoms with van der Waals surface area (Å²) in [5.74, 6) is 0.355. The maximum absolute atomic E-state index is 9.86. The van der Waals surface area contributed by atoms with Crippen molar-refractivity contribution in [2.24, 2.45) is 0 Å². The first-order valence-corrected chi connectivity index (χ1v) is 6.23. The molecule has 0 spiro atoms. The number of phenols is 1. The van der Waals surface area contributed by atoms with Crippen molar-refractivity contribution >= 4 is 0 Å². The lowest BCUT2D eigenvalue weighted by atomic mass is 10.0. The van der Waals surface area contributed by atoms with Gasteiger partial charge in [-0.15, -0.1) is 0 Å². The fourth-order valence-corrected chi connectivity index (χ4v) is 2.00. The summed E-state index contributed by atoms with van der Waals surface area (Å²) in [6, 6.07) is 16.1. The predicted molar refractivity (Wildman–Crippen MR) is 74.5 cm³/mol. The second kappa shape index (κ2) is 5.69. The van der Waals surface area contributed by atoms with Gasteiger partial charge in [0.25, 0.3) is 0 Å². The lowest BCUT2D eigenvalue weighted by Crippen LogP contribution is -2.18. The van der Waals surface area contributed by atoms with Crippen molar-refractivity contribution in [3.63, 3.8) is 0 Å². The van der Waals surface area contributed by atoms with Crippen LogP contribution in [0.2, 0.25) is 0 Å². The molecule has 0 amide bonds. The Kier molecular flexibility index (Phi) is 4.00. The summed E-state index contributed by atoms with van der Waals surface area (Å²) in [6.07, 6.45) is 0. The molecule has 0 aliphatic heterocycles. The molecular formula is C16H19NO. The Morgan fingerprint density at radius 2 is 1.83 bits per heavy atom. The van der Waals surface area contributed by atoms with Gasteiger partial charge in [0, 0.05) is 18.2 Å². The van der Waals surface area contributed by atoms with E-state index in [9.17, 15) is 5.11 Å². The van der Waals surface area contributed by atoms with Crippen LogP contribution in [0.3, 0.4) is 0 Å². The van der Waals surface area contributed by atoms with Crippen molar-refractivity contribution in [3.05, 3.63) is 65.2 Å². The molecule has 0 aliphatic rings. The number of rotatable bonds is 4. The number of phenolic OH excluding ortho intramolecular Hbond substituents is 1. The molecule has 2 nitrogen and oxygen atoms in total. The molecule has 94 valence electrons. The van der Waals surface area contributed by atoms with Crippen LogP contribution >= 0.6 is 0 Å². The van der Waals surface area contributed by atoms with Crippen LogP contribution < -0.4 is 5.32 Å². The summed E-state index contributed by atoms with van der Waals surface area (Å²) in [4.78, 5) is 0. The minimum Gasteiger partial charge on any atom is -0.508 e. The van der Waals surface area contributed by atoms with Crippen molar-refractivity contribution in [2.45, 2.75) is 26.4 Å². The zero-order valence-electron chi connectivity index (χ0n) is 10.9. The molecular weight excluding hydrogens is 222 g/mol. The highest BCUT2D eigenvalue weighted by Gasteiger charge is 2.09. The van der Waals surface area contributed by atoms with Crippen LogP contribution in [0.25, 0.3) is 0 Å². The van der Waals surface area contributed by atoms with Crippen LogP contribution in [0.1, 0.15) is 29.7 Å². The van der Waals surface area contributed by atoms with Crippen LogP contribution in [0, 0.1) is 6.92 Å². The minimum atomic E-state index is 0.130. The predicted octanol–water partition coefficient (Wildman–Crippen LogP) is 3.55. The first-order chi connectivity index (χ1) is 8.66. The smallest absolute Gasteiger partial charge is 0.120 e. The Hall–Kier alpha value is -1.80. The second-order valence-electron chi connectivity index (χ2n) is 4.65. The quantitative estimate of drug-likeness (QED) is 0.858. The standard InChI is InChI=1S/C16H19NO/c1-12-8-9-16(18)15(10-12)13(2)17-11-14-6-4-3-5-7-14/h3-10,13,17-18H,11H2,1-2H3. The fraction of sp³-hybridized carbons (Fsp3) is 0.250. The summed E-state index contributed by atoms with van der Waals surface area (Å²) < 4.78 is 0. The van der Waals surface area contributed by atoms with Crippen molar-refractivity contribution in [1.82, 2.24) is 5.32 Å². The van der Waals surface area contributed by atoms with Crippen LogP contribution in [0.15, 0.2) is 48.5 Å². The molecule has 0 saturated heterocycles.